The summed E-state index contributed by atoms with van der Waals surface area (Å²) in [6.07, 6.45) is 0.576. The van der Waals surface area contributed by atoms with Gasteiger partial charge in [0.05, 0.1) is 7.11 Å². The summed E-state index contributed by atoms with van der Waals surface area (Å²) in [6, 6.07) is 8.42. The third-order valence-electron chi connectivity index (χ3n) is 3.36. The van der Waals surface area contributed by atoms with Gasteiger partial charge in [0.15, 0.2) is 0 Å². The maximum absolute atomic E-state index is 11.7. The molecule has 0 aliphatic carbocycles. The van der Waals surface area contributed by atoms with Gasteiger partial charge in [-0.2, -0.15) is 0 Å². The molecule has 0 saturated carbocycles. The van der Waals surface area contributed by atoms with Crippen molar-refractivity contribution < 1.29 is 14.3 Å². The highest BCUT2D eigenvalue weighted by atomic mass is 16.6. The van der Waals surface area contributed by atoms with Gasteiger partial charge in [0.1, 0.15) is 11.4 Å². The van der Waals surface area contributed by atoms with Gasteiger partial charge in [-0.05, 0) is 51.8 Å². The lowest BCUT2D eigenvalue weighted by Gasteiger charge is -2.24. The predicted octanol–water partition coefficient (Wildman–Crippen LogP) is 3.65. The SMILES string of the molecule is CCC(NC(C)CNC(=O)OC(C)(C)C)c1ccc(OC)cc1. The average Bonchev–Trinajstić information content (AvgIpc) is 2.49. The van der Waals surface area contributed by atoms with E-state index in [-0.39, 0.29) is 18.2 Å². The number of methoxy groups -OCH3 is 1. The molecular formula is C18H30N2O3. The summed E-state index contributed by atoms with van der Waals surface area (Å²) in [4.78, 5) is 11.7. The molecule has 130 valence electrons. The van der Waals surface area contributed by atoms with Gasteiger partial charge in [-0.1, -0.05) is 19.1 Å². The van der Waals surface area contributed by atoms with Gasteiger partial charge < -0.3 is 20.1 Å². The number of ether oxygens (including phenoxy) is 2. The number of benzene rings is 1. The van der Waals surface area contributed by atoms with Crippen LogP contribution in [-0.2, 0) is 4.74 Å². The Morgan fingerprint density at radius 3 is 2.30 bits per heavy atom. The van der Waals surface area contributed by atoms with Crippen LogP contribution in [0.5, 0.6) is 5.75 Å². The molecule has 0 aliphatic rings. The van der Waals surface area contributed by atoms with E-state index in [0.717, 1.165) is 12.2 Å². The van der Waals surface area contributed by atoms with E-state index in [4.69, 9.17) is 9.47 Å². The van der Waals surface area contributed by atoms with E-state index in [1.54, 1.807) is 7.11 Å². The molecule has 0 saturated heterocycles. The summed E-state index contributed by atoms with van der Waals surface area (Å²) in [6.45, 7) is 10.3. The summed E-state index contributed by atoms with van der Waals surface area (Å²) >= 11 is 0. The van der Waals surface area contributed by atoms with Gasteiger partial charge in [-0.3, -0.25) is 0 Å². The lowest BCUT2D eigenvalue weighted by Crippen LogP contribution is -2.42. The molecule has 2 N–H and O–H groups in total. The van der Waals surface area contributed by atoms with Gasteiger partial charge >= 0.3 is 6.09 Å². The molecule has 5 nitrogen and oxygen atoms in total. The molecule has 0 aromatic heterocycles. The molecule has 1 aromatic rings. The minimum atomic E-state index is -0.476. The Hall–Kier alpha value is -1.75. The zero-order valence-electron chi connectivity index (χ0n) is 15.1. The van der Waals surface area contributed by atoms with Crippen LogP contribution < -0.4 is 15.4 Å². The molecular weight excluding hydrogens is 292 g/mol. The Morgan fingerprint density at radius 2 is 1.83 bits per heavy atom. The molecule has 1 rings (SSSR count). The second-order valence-electron chi connectivity index (χ2n) is 6.68. The molecule has 0 aliphatic heterocycles. The van der Waals surface area contributed by atoms with Crippen LogP contribution >= 0.6 is 0 Å². The van der Waals surface area contributed by atoms with Crippen LogP contribution in [0, 0.1) is 0 Å². The Morgan fingerprint density at radius 1 is 1.22 bits per heavy atom. The van der Waals surface area contributed by atoms with Crippen molar-refractivity contribution in [3.05, 3.63) is 29.8 Å². The Kier molecular flexibility index (Phi) is 7.36. The third-order valence-corrected chi connectivity index (χ3v) is 3.36. The second-order valence-corrected chi connectivity index (χ2v) is 6.68. The molecule has 2 atom stereocenters. The molecule has 23 heavy (non-hydrogen) atoms. The fourth-order valence-corrected chi connectivity index (χ4v) is 2.24. The number of amides is 1. The summed E-state index contributed by atoms with van der Waals surface area (Å²) in [5.74, 6) is 0.850. The minimum Gasteiger partial charge on any atom is -0.497 e. The highest BCUT2D eigenvalue weighted by Crippen LogP contribution is 2.20. The summed E-state index contributed by atoms with van der Waals surface area (Å²) in [7, 11) is 1.66. The summed E-state index contributed by atoms with van der Waals surface area (Å²) in [5.41, 5.74) is 0.730. The normalized spacial score (nSPS) is 14.0. The van der Waals surface area contributed by atoms with E-state index in [1.807, 2.05) is 39.8 Å². The topological polar surface area (TPSA) is 59.6 Å². The van der Waals surface area contributed by atoms with Crippen LogP contribution in [0.2, 0.25) is 0 Å². The highest BCUT2D eigenvalue weighted by Gasteiger charge is 2.17. The maximum atomic E-state index is 11.7. The van der Waals surface area contributed by atoms with E-state index in [9.17, 15) is 4.79 Å². The number of nitrogens with one attached hydrogen (secondary N) is 2. The number of hydrogen-bond acceptors (Lipinski definition) is 4. The van der Waals surface area contributed by atoms with Gasteiger partial charge in [-0.15, -0.1) is 0 Å². The Bertz CT molecular complexity index is 480. The number of alkyl carbamates (subject to hydrolysis) is 1. The minimum absolute atomic E-state index is 0.134. The first-order valence-corrected chi connectivity index (χ1v) is 8.12. The standard InChI is InChI=1S/C18H30N2O3/c1-7-16(14-8-10-15(22-6)11-9-14)20-13(2)12-19-17(21)23-18(3,4)5/h8-11,13,16,20H,7,12H2,1-6H3,(H,19,21). The molecule has 1 amide bonds. The predicted molar refractivity (Wildman–Crippen MR) is 92.9 cm³/mol. The second kappa shape index (κ2) is 8.77. The number of carbonyl (C=O) groups is 1. The van der Waals surface area contributed by atoms with Gasteiger partial charge in [0, 0.05) is 18.6 Å². The maximum Gasteiger partial charge on any atom is 0.407 e. The van der Waals surface area contributed by atoms with Gasteiger partial charge in [0.2, 0.25) is 0 Å². The first-order chi connectivity index (χ1) is 10.7. The third kappa shape index (κ3) is 7.37. The molecule has 0 fully saturated rings. The molecule has 0 radical (unpaired) electrons. The zero-order valence-corrected chi connectivity index (χ0v) is 15.1. The van der Waals surface area contributed by atoms with E-state index in [1.165, 1.54) is 5.56 Å². The van der Waals surface area contributed by atoms with Crippen molar-refractivity contribution in [2.45, 2.75) is 58.7 Å². The van der Waals surface area contributed by atoms with Crippen LogP contribution in [0.3, 0.4) is 0 Å². The number of hydrogen-bond donors (Lipinski definition) is 2. The molecule has 2 unspecified atom stereocenters. The Labute approximate surface area is 139 Å². The molecule has 0 heterocycles. The molecule has 0 bridgehead atoms. The number of carbonyl (C=O) groups excluding carboxylic acids is 1. The quantitative estimate of drug-likeness (QED) is 0.804. The van der Waals surface area contributed by atoms with Crippen molar-refractivity contribution in [2.75, 3.05) is 13.7 Å². The van der Waals surface area contributed by atoms with Crippen LogP contribution in [-0.4, -0.2) is 31.4 Å². The van der Waals surface area contributed by atoms with Crippen LogP contribution in [0.4, 0.5) is 4.79 Å². The number of rotatable bonds is 7. The fourth-order valence-electron chi connectivity index (χ4n) is 2.24. The monoisotopic (exact) mass is 322 g/mol. The van der Waals surface area contributed by atoms with E-state index < -0.39 is 5.60 Å². The van der Waals surface area contributed by atoms with E-state index >= 15 is 0 Å². The first kappa shape index (κ1) is 19.3. The van der Waals surface area contributed by atoms with E-state index in [0.29, 0.717) is 6.54 Å². The van der Waals surface area contributed by atoms with Crippen LogP contribution in [0.15, 0.2) is 24.3 Å². The van der Waals surface area contributed by atoms with Crippen molar-refractivity contribution >= 4 is 6.09 Å². The molecule has 5 heteroatoms. The van der Waals surface area contributed by atoms with Crippen molar-refractivity contribution in [1.29, 1.82) is 0 Å². The largest absolute Gasteiger partial charge is 0.497 e. The fraction of sp³-hybridized carbons (Fsp3) is 0.611. The zero-order chi connectivity index (χ0) is 17.5. The van der Waals surface area contributed by atoms with Crippen LogP contribution in [0.1, 0.15) is 52.6 Å². The lowest BCUT2D eigenvalue weighted by atomic mass is 10.0. The lowest BCUT2D eigenvalue weighted by molar-refractivity contribution is 0.0522. The average molecular weight is 322 g/mol. The molecule has 1 aromatic carbocycles. The Balaban J connectivity index is 2.49. The van der Waals surface area contributed by atoms with Crippen LogP contribution in [0.25, 0.3) is 0 Å². The van der Waals surface area contributed by atoms with Crippen molar-refractivity contribution in [2.24, 2.45) is 0 Å². The summed E-state index contributed by atoms with van der Waals surface area (Å²) in [5, 5.41) is 6.32. The van der Waals surface area contributed by atoms with Gasteiger partial charge in [0.25, 0.3) is 0 Å². The first-order valence-electron chi connectivity index (χ1n) is 8.12. The summed E-state index contributed by atoms with van der Waals surface area (Å²) < 4.78 is 10.4. The van der Waals surface area contributed by atoms with Gasteiger partial charge in [-0.25, -0.2) is 4.79 Å². The van der Waals surface area contributed by atoms with Crippen molar-refractivity contribution in [3.8, 4) is 5.75 Å². The molecule has 0 spiro atoms. The van der Waals surface area contributed by atoms with Crippen molar-refractivity contribution in [1.82, 2.24) is 10.6 Å². The highest BCUT2D eigenvalue weighted by molar-refractivity contribution is 5.67. The van der Waals surface area contributed by atoms with E-state index in [2.05, 4.69) is 29.7 Å². The smallest absolute Gasteiger partial charge is 0.407 e. The van der Waals surface area contributed by atoms with Crippen molar-refractivity contribution in [3.63, 3.8) is 0 Å².